The molecule has 4 heteroatoms. The summed E-state index contributed by atoms with van der Waals surface area (Å²) in [6.07, 6.45) is 1.20. The van der Waals surface area contributed by atoms with Crippen LogP contribution in [0.1, 0.15) is 5.56 Å². The van der Waals surface area contributed by atoms with E-state index in [0.717, 1.165) is 5.56 Å². The van der Waals surface area contributed by atoms with Gasteiger partial charge in [0.2, 0.25) is 0 Å². The normalized spacial score (nSPS) is 11.5. The molecule has 0 unspecified atom stereocenters. The maximum absolute atomic E-state index is 11.1. The maximum atomic E-state index is 11.1. The molecule has 0 aliphatic carbocycles. The number of hydrogen-bond acceptors (Lipinski definition) is 3. The largest absolute Gasteiger partial charge is 0.311 e. The van der Waals surface area contributed by atoms with Gasteiger partial charge in [-0.2, -0.15) is 0 Å². The third-order valence-corrected chi connectivity index (χ3v) is 2.81. The summed E-state index contributed by atoms with van der Waals surface area (Å²) >= 11 is 0. The second kappa shape index (κ2) is 3.89. The smallest absolute Gasteiger partial charge is 0.175 e. The molecular weight excluding hydrogens is 186 g/mol. The molecule has 0 aliphatic heterocycles. The fraction of sp³-hybridized carbons (Fsp3) is 0.222. The molecule has 1 rings (SSSR count). The van der Waals surface area contributed by atoms with Crippen LogP contribution in [0, 0.1) is 7.05 Å². The lowest BCUT2D eigenvalue weighted by Crippen LogP contribution is -2.03. The van der Waals surface area contributed by atoms with Crippen molar-refractivity contribution in [3.05, 3.63) is 36.9 Å². The van der Waals surface area contributed by atoms with Crippen molar-refractivity contribution in [2.45, 2.75) is 11.4 Å². The van der Waals surface area contributed by atoms with Crippen molar-refractivity contribution in [2.75, 3.05) is 6.26 Å². The first-order chi connectivity index (χ1) is 6.04. The zero-order valence-electron chi connectivity index (χ0n) is 7.45. The van der Waals surface area contributed by atoms with Gasteiger partial charge < -0.3 is 5.32 Å². The molecule has 0 spiro atoms. The van der Waals surface area contributed by atoms with Crippen LogP contribution < -0.4 is 5.32 Å². The van der Waals surface area contributed by atoms with E-state index in [-0.39, 0.29) is 0 Å². The van der Waals surface area contributed by atoms with Gasteiger partial charge in [0.1, 0.15) is 0 Å². The summed E-state index contributed by atoms with van der Waals surface area (Å²) in [5.41, 5.74) is 1.02. The number of hydrogen-bond donors (Lipinski definition) is 1. The fourth-order valence-electron chi connectivity index (χ4n) is 0.999. The first-order valence-corrected chi connectivity index (χ1v) is 5.72. The highest BCUT2D eigenvalue weighted by Gasteiger charge is 2.05. The van der Waals surface area contributed by atoms with Gasteiger partial charge in [0.25, 0.3) is 0 Å². The summed E-state index contributed by atoms with van der Waals surface area (Å²) in [6.45, 7) is 0.643. The molecule has 0 aliphatic rings. The van der Waals surface area contributed by atoms with Crippen LogP contribution in [0.15, 0.2) is 29.2 Å². The van der Waals surface area contributed by atoms with Crippen molar-refractivity contribution in [3.63, 3.8) is 0 Å². The van der Waals surface area contributed by atoms with Crippen LogP contribution in [-0.2, 0) is 16.4 Å². The molecule has 1 radical (unpaired) electrons. The van der Waals surface area contributed by atoms with Crippen molar-refractivity contribution in [1.82, 2.24) is 5.32 Å². The summed E-state index contributed by atoms with van der Waals surface area (Å²) < 4.78 is 22.1. The molecule has 0 fully saturated rings. The van der Waals surface area contributed by atoms with Crippen LogP contribution in [-0.4, -0.2) is 14.7 Å². The Balaban J connectivity index is 2.94. The topological polar surface area (TPSA) is 46.2 Å². The number of sulfone groups is 1. The molecule has 71 valence electrons. The second-order valence-corrected chi connectivity index (χ2v) is 4.86. The Morgan fingerprint density at radius 3 is 2.23 bits per heavy atom. The van der Waals surface area contributed by atoms with Gasteiger partial charge in [-0.25, -0.2) is 8.42 Å². The van der Waals surface area contributed by atoms with Crippen LogP contribution in [0.25, 0.3) is 0 Å². The van der Waals surface area contributed by atoms with Gasteiger partial charge in [-0.15, -0.1) is 0 Å². The average molecular weight is 198 g/mol. The lowest BCUT2D eigenvalue weighted by atomic mass is 10.2. The van der Waals surface area contributed by atoms with E-state index in [1.54, 1.807) is 24.3 Å². The van der Waals surface area contributed by atoms with E-state index >= 15 is 0 Å². The Kier molecular flexibility index (Phi) is 3.06. The molecule has 1 N–H and O–H groups in total. The highest BCUT2D eigenvalue weighted by molar-refractivity contribution is 7.90. The zero-order chi connectivity index (χ0) is 9.90. The predicted molar refractivity (Wildman–Crippen MR) is 51.7 cm³/mol. The van der Waals surface area contributed by atoms with Gasteiger partial charge in [0.05, 0.1) is 4.90 Å². The van der Waals surface area contributed by atoms with Gasteiger partial charge >= 0.3 is 0 Å². The molecular formula is C9H12NO2S. The van der Waals surface area contributed by atoms with E-state index in [1.165, 1.54) is 6.26 Å². The minimum atomic E-state index is -3.07. The molecule has 1 aromatic rings. The zero-order valence-corrected chi connectivity index (χ0v) is 8.26. The van der Waals surface area contributed by atoms with E-state index < -0.39 is 9.84 Å². The van der Waals surface area contributed by atoms with E-state index in [4.69, 9.17) is 0 Å². The monoisotopic (exact) mass is 198 g/mol. The molecule has 0 heterocycles. The van der Waals surface area contributed by atoms with Gasteiger partial charge in [0, 0.05) is 19.8 Å². The Labute approximate surface area is 78.7 Å². The Hall–Kier alpha value is -0.870. The molecule has 0 amide bonds. The first-order valence-electron chi connectivity index (χ1n) is 3.83. The molecule has 0 saturated heterocycles. The summed E-state index contributed by atoms with van der Waals surface area (Å²) in [4.78, 5) is 0.348. The Bertz CT molecular complexity index is 367. The van der Waals surface area contributed by atoms with Crippen LogP contribution >= 0.6 is 0 Å². The van der Waals surface area contributed by atoms with E-state index in [0.29, 0.717) is 11.4 Å². The third-order valence-electron chi connectivity index (χ3n) is 1.68. The van der Waals surface area contributed by atoms with Gasteiger partial charge in [0.15, 0.2) is 9.84 Å². The number of rotatable bonds is 3. The third kappa shape index (κ3) is 2.82. The van der Waals surface area contributed by atoms with Crippen LogP contribution in [0.5, 0.6) is 0 Å². The van der Waals surface area contributed by atoms with Crippen LogP contribution in [0.2, 0.25) is 0 Å². The minimum Gasteiger partial charge on any atom is -0.311 e. The molecule has 0 saturated carbocycles. The van der Waals surface area contributed by atoms with E-state index in [1.807, 2.05) is 0 Å². The Morgan fingerprint density at radius 2 is 1.85 bits per heavy atom. The fourth-order valence-corrected chi connectivity index (χ4v) is 1.63. The van der Waals surface area contributed by atoms with Crippen molar-refractivity contribution < 1.29 is 8.42 Å². The average Bonchev–Trinajstić information content (AvgIpc) is 2.04. The highest BCUT2D eigenvalue weighted by Crippen LogP contribution is 2.09. The quantitative estimate of drug-likeness (QED) is 0.787. The lowest BCUT2D eigenvalue weighted by Gasteiger charge is -2.01. The van der Waals surface area contributed by atoms with Crippen molar-refractivity contribution in [3.8, 4) is 0 Å². The minimum absolute atomic E-state index is 0.348. The van der Waals surface area contributed by atoms with E-state index in [9.17, 15) is 8.42 Å². The van der Waals surface area contributed by atoms with Crippen molar-refractivity contribution in [2.24, 2.45) is 0 Å². The molecule has 13 heavy (non-hydrogen) atoms. The standard InChI is InChI=1S/C9H12NO2S/c1-10-7-8-3-5-9(6-4-8)13(2,11)12/h3-6,10H,1,7H2,2H3. The highest BCUT2D eigenvalue weighted by atomic mass is 32.2. The first kappa shape index (κ1) is 10.2. The van der Waals surface area contributed by atoms with Crippen molar-refractivity contribution in [1.29, 1.82) is 0 Å². The summed E-state index contributed by atoms with van der Waals surface area (Å²) in [7, 11) is 0.413. The lowest BCUT2D eigenvalue weighted by molar-refractivity contribution is 0.602. The van der Waals surface area contributed by atoms with Gasteiger partial charge in [-0.05, 0) is 17.7 Å². The molecule has 3 nitrogen and oxygen atoms in total. The predicted octanol–water partition coefficient (Wildman–Crippen LogP) is 0.971. The Morgan fingerprint density at radius 1 is 1.31 bits per heavy atom. The molecule has 0 aromatic heterocycles. The number of benzene rings is 1. The van der Waals surface area contributed by atoms with Crippen LogP contribution in [0.4, 0.5) is 0 Å². The number of nitrogens with one attached hydrogen (secondary N) is 1. The molecule has 1 aromatic carbocycles. The summed E-state index contributed by atoms with van der Waals surface area (Å²) in [6, 6.07) is 6.74. The summed E-state index contributed by atoms with van der Waals surface area (Å²) in [5.74, 6) is 0. The second-order valence-electron chi connectivity index (χ2n) is 2.84. The molecule has 0 atom stereocenters. The van der Waals surface area contributed by atoms with Crippen molar-refractivity contribution >= 4 is 9.84 Å². The van der Waals surface area contributed by atoms with Gasteiger partial charge in [-0.3, -0.25) is 0 Å². The van der Waals surface area contributed by atoms with Gasteiger partial charge in [-0.1, -0.05) is 12.1 Å². The maximum Gasteiger partial charge on any atom is 0.175 e. The van der Waals surface area contributed by atoms with E-state index in [2.05, 4.69) is 12.4 Å². The SMILES string of the molecule is [CH2]NCc1ccc(S(C)(=O)=O)cc1. The summed E-state index contributed by atoms with van der Waals surface area (Å²) in [5, 5.41) is 2.74. The van der Waals surface area contributed by atoms with Crippen LogP contribution in [0.3, 0.4) is 0 Å². The molecule has 0 bridgehead atoms.